The third kappa shape index (κ3) is 1.59. The van der Waals surface area contributed by atoms with Crippen molar-refractivity contribution in [1.82, 2.24) is 9.78 Å². The first kappa shape index (κ1) is 9.44. The molecule has 3 nitrogen and oxygen atoms in total. The van der Waals surface area contributed by atoms with Crippen molar-refractivity contribution in [2.45, 2.75) is 45.6 Å². The first-order valence-corrected chi connectivity index (χ1v) is 5.41. The number of fused-ring (bicyclic) bond motifs is 1. The van der Waals surface area contributed by atoms with Crippen molar-refractivity contribution in [2.24, 2.45) is 0 Å². The molecule has 1 aliphatic carbocycles. The van der Waals surface area contributed by atoms with Crippen LogP contribution in [0.15, 0.2) is 6.20 Å². The SMILES string of the molecule is CCCCn1ncc2c1CCCC2=O. The van der Waals surface area contributed by atoms with Crippen molar-refractivity contribution in [3.8, 4) is 0 Å². The highest BCUT2D eigenvalue weighted by molar-refractivity contribution is 5.97. The molecule has 0 spiro atoms. The average Bonchev–Trinajstić information content (AvgIpc) is 2.60. The average molecular weight is 192 g/mol. The summed E-state index contributed by atoms with van der Waals surface area (Å²) in [7, 11) is 0. The van der Waals surface area contributed by atoms with Crippen LogP contribution in [0.5, 0.6) is 0 Å². The number of hydrogen-bond acceptors (Lipinski definition) is 2. The van der Waals surface area contributed by atoms with E-state index < -0.39 is 0 Å². The number of aromatic nitrogens is 2. The second-order valence-corrected chi connectivity index (χ2v) is 3.86. The summed E-state index contributed by atoms with van der Waals surface area (Å²) in [4.78, 5) is 11.5. The zero-order valence-corrected chi connectivity index (χ0v) is 8.62. The fourth-order valence-corrected chi connectivity index (χ4v) is 1.96. The largest absolute Gasteiger partial charge is 0.294 e. The monoisotopic (exact) mass is 192 g/mol. The number of hydrogen-bond donors (Lipinski definition) is 0. The van der Waals surface area contributed by atoms with Crippen LogP contribution in [0.25, 0.3) is 0 Å². The molecular formula is C11H16N2O. The van der Waals surface area contributed by atoms with Gasteiger partial charge in [-0.25, -0.2) is 0 Å². The lowest BCUT2D eigenvalue weighted by molar-refractivity contribution is 0.0971. The summed E-state index contributed by atoms with van der Waals surface area (Å²) in [5, 5.41) is 4.28. The predicted molar refractivity (Wildman–Crippen MR) is 54.4 cm³/mol. The Bertz CT molecular complexity index is 341. The fourth-order valence-electron chi connectivity index (χ4n) is 1.96. The summed E-state index contributed by atoms with van der Waals surface area (Å²) in [6.45, 7) is 3.13. The maximum Gasteiger partial charge on any atom is 0.166 e. The van der Waals surface area contributed by atoms with Crippen LogP contribution in [0.2, 0.25) is 0 Å². The van der Waals surface area contributed by atoms with Gasteiger partial charge in [0, 0.05) is 18.7 Å². The predicted octanol–water partition coefficient (Wildman–Crippen LogP) is 2.20. The molecule has 0 N–H and O–H groups in total. The second kappa shape index (κ2) is 3.95. The first-order valence-electron chi connectivity index (χ1n) is 5.41. The maximum atomic E-state index is 11.5. The van der Waals surface area contributed by atoms with Crippen molar-refractivity contribution in [3.63, 3.8) is 0 Å². The number of carbonyl (C=O) groups excluding carboxylic acids is 1. The first-order chi connectivity index (χ1) is 6.83. The molecule has 0 amide bonds. The van der Waals surface area contributed by atoms with E-state index in [1.54, 1.807) is 6.20 Å². The second-order valence-electron chi connectivity index (χ2n) is 3.86. The van der Waals surface area contributed by atoms with E-state index in [0.29, 0.717) is 6.42 Å². The number of rotatable bonds is 3. The summed E-state index contributed by atoms with van der Waals surface area (Å²) in [5.41, 5.74) is 2.03. The number of carbonyl (C=O) groups is 1. The fraction of sp³-hybridized carbons (Fsp3) is 0.636. The maximum absolute atomic E-state index is 11.5. The molecule has 3 heteroatoms. The third-order valence-electron chi connectivity index (χ3n) is 2.79. The number of unbranched alkanes of at least 4 members (excludes halogenated alkanes) is 1. The van der Waals surface area contributed by atoms with Crippen molar-refractivity contribution < 1.29 is 4.79 Å². The molecule has 1 aromatic rings. The van der Waals surface area contributed by atoms with E-state index in [1.807, 2.05) is 4.68 Å². The molecule has 0 saturated heterocycles. The molecule has 1 aliphatic rings. The van der Waals surface area contributed by atoms with Crippen LogP contribution in [0.1, 0.15) is 48.7 Å². The molecule has 76 valence electrons. The minimum Gasteiger partial charge on any atom is -0.294 e. The van der Waals surface area contributed by atoms with Gasteiger partial charge in [-0.1, -0.05) is 13.3 Å². The topological polar surface area (TPSA) is 34.9 Å². The molecule has 0 saturated carbocycles. The molecule has 0 fully saturated rings. The smallest absolute Gasteiger partial charge is 0.166 e. The van der Waals surface area contributed by atoms with E-state index in [1.165, 1.54) is 6.42 Å². The molecule has 2 rings (SSSR count). The van der Waals surface area contributed by atoms with E-state index in [9.17, 15) is 4.79 Å². The van der Waals surface area contributed by atoms with E-state index >= 15 is 0 Å². The highest BCUT2D eigenvalue weighted by atomic mass is 16.1. The molecule has 0 aromatic carbocycles. The summed E-state index contributed by atoms with van der Waals surface area (Å²) in [5.74, 6) is 0.272. The molecule has 0 bridgehead atoms. The lowest BCUT2D eigenvalue weighted by Crippen LogP contribution is -2.13. The van der Waals surface area contributed by atoms with Gasteiger partial charge in [-0.05, 0) is 19.3 Å². The number of aryl methyl sites for hydroxylation is 1. The van der Waals surface area contributed by atoms with E-state index in [0.717, 1.165) is 37.1 Å². The van der Waals surface area contributed by atoms with E-state index in [2.05, 4.69) is 12.0 Å². The summed E-state index contributed by atoms with van der Waals surface area (Å²) in [6.07, 6.45) is 6.76. The molecular weight excluding hydrogens is 176 g/mol. The molecule has 0 unspecified atom stereocenters. The van der Waals surface area contributed by atoms with Gasteiger partial charge in [0.25, 0.3) is 0 Å². The van der Waals surface area contributed by atoms with E-state index in [-0.39, 0.29) is 5.78 Å². The molecule has 1 aromatic heterocycles. The van der Waals surface area contributed by atoms with Crippen LogP contribution in [0, 0.1) is 0 Å². The molecule has 0 radical (unpaired) electrons. The van der Waals surface area contributed by atoms with Gasteiger partial charge in [0.15, 0.2) is 5.78 Å². The minimum absolute atomic E-state index is 0.272. The normalized spacial score (nSPS) is 15.6. The van der Waals surface area contributed by atoms with Gasteiger partial charge in [0.2, 0.25) is 0 Å². The Balaban J connectivity index is 2.22. The van der Waals surface area contributed by atoms with Crippen LogP contribution < -0.4 is 0 Å². The van der Waals surface area contributed by atoms with Gasteiger partial charge >= 0.3 is 0 Å². The van der Waals surface area contributed by atoms with Crippen LogP contribution in [0.3, 0.4) is 0 Å². The van der Waals surface area contributed by atoms with Crippen molar-refractivity contribution >= 4 is 5.78 Å². The third-order valence-corrected chi connectivity index (χ3v) is 2.79. The van der Waals surface area contributed by atoms with Crippen molar-refractivity contribution in [1.29, 1.82) is 0 Å². The van der Waals surface area contributed by atoms with Crippen molar-refractivity contribution in [3.05, 3.63) is 17.5 Å². The van der Waals surface area contributed by atoms with Gasteiger partial charge in [-0.15, -0.1) is 0 Å². The number of nitrogens with zero attached hydrogens (tertiary/aromatic N) is 2. The quantitative estimate of drug-likeness (QED) is 0.735. The Hall–Kier alpha value is -1.12. The standard InChI is InChI=1S/C11H16N2O/c1-2-3-7-13-10-5-4-6-11(14)9(10)8-12-13/h8H,2-7H2,1H3. The van der Waals surface area contributed by atoms with Crippen molar-refractivity contribution in [2.75, 3.05) is 0 Å². The number of Topliss-reactive ketones (excluding diaryl/α,β-unsaturated/α-hetero) is 1. The highest BCUT2D eigenvalue weighted by Gasteiger charge is 2.21. The lowest BCUT2D eigenvalue weighted by Gasteiger charge is -2.12. The number of ketones is 1. The molecule has 0 aliphatic heterocycles. The molecule has 0 atom stereocenters. The Morgan fingerprint density at radius 2 is 2.36 bits per heavy atom. The summed E-state index contributed by atoms with van der Waals surface area (Å²) < 4.78 is 2.01. The van der Waals surface area contributed by atoms with Gasteiger partial charge < -0.3 is 0 Å². The highest BCUT2D eigenvalue weighted by Crippen LogP contribution is 2.20. The Morgan fingerprint density at radius 1 is 1.50 bits per heavy atom. The molecule has 14 heavy (non-hydrogen) atoms. The summed E-state index contributed by atoms with van der Waals surface area (Å²) in [6, 6.07) is 0. The zero-order chi connectivity index (χ0) is 9.97. The Kier molecular flexibility index (Phi) is 2.66. The summed E-state index contributed by atoms with van der Waals surface area (Å²) >= 11 is 0. The van der Waals surface area contributed by atoms with Crippen LogP contribution in [0.4, 0.5) is 0 Å². The van der Waals surface area contributed by atoms with Gasteiger partial charge in [0.05, 0.1) is 11.8 Å². The zero-order valence-electron chi connectivity index (χ0n) is 8.62. The minimum atomic E-state index is 0.272. The van der Waals surface area contributed by atoms with Gasteiger partial charge in [0.1, 0.15) is 0 Å². The van der Waals surface area contributed by atoms with E-state index in [4.69, 9.17) is 0 Å². The van der Waals surface area contributed by atoms with Gasteiger partial charge in [-0.2, -0.15) is 5.10 Å². The molecule has 1 heterocycles. The van der Waals surface area contributed by atoms with Crippen LogP contribution >= 0.6 is 0 Å². The van der Waals surface area contributed by atoms with Crippen LogP contribution in [-0.2, 0) is 13.0 Å². The van der Waals surface area contributed by atoms with Gasteiger partial charge in [-0.3, -0.25) is 9.48 Å². The Labute approximate surface area is 84.1 Å². The lowest BCUT2D eigenvalue weighted by atomic mass is 9.97. The van der Waals surface area contributed by atoms with Crippen LogP contribution in [-0.4, -0.2) is 15.6 Å². The Morgan fingerprint density at radius 3 is 3.14 bits per heavy atom.